The van der Waals surface area contributed by atoms with E-state index in [1.165, 1.54) is 16.7 Å². The molecule has 2 fully saturated rings. The maximum Gasteiger partial charge on any atom is 0.319 e. The Labute approximate surface area is 312 Å². The van der Waals surface area contributed by atoms with Crippen LogP contribution in [-0.2, 0) is 35.1 Å². The summed E-state index contributed by atoms with van der Waals surface area (Å²) < 4.78 is 25.0. The van der Waals surface area contributed by atoms with Crippen LogP contribution in [0.4, 0.5) is 0 Å². The van der Waals surface area contributed by atoms with Crippen molar-refractivity contribution in [2.24, 2.45) is 17.3 Å². The summed E-state index contributed by atoms with van der Waals surface area (Å²) >= 11 is 0. The second kappa shape index (κ2) is 18.6. The number of esters is 1. The van der Waals surface area contributed by atoms with E-state index in [0.29, 0.717) is 19.4 Å². The Kier molecular flexibility index (Phi) is 15.0. The summed E-state index contributed by atoms with van der Waals surface area (Å²) in [5, 5.41) is 11.4. The number of rotatable bonds is 7. The van der Waals surface area contributed by atoms with Gasteiger partial charge in [0.2, 0.25) is 0 Å². The third-order valence-electron chi connectivity index (χ3n) is 11.1. The van der Waals surface area contributed by atoms with Crippen LogP contribution in [0, 0.1) is 17.3 Å². The predicted octanol–water partition coefficient (Wildman–Crippen LogP) is 5.51. The summed E-state index contributed by atoms with van der Waals surface area (Å²) in [5.74, 6) is -1.48. The summed E-state index contributed by atoms with van der Waals surface area (Å²) in [6, 6.07) is 18.8. The molecule has 0 aliphatic carbocycles. The Morgan fingerprint density at radius 2 is 1.60 bits per heavy atom. The molecule has 2 aromatic rings. The number of aliphatic hydroxyl groups excluding tert-OH is 1. The van der Waals surface area contributed by atoms with Crippen molar-refractivity contribution in [1.82, 2.24) is 14.7 Å². The zero-order valence-corrected chi connectivity index (χ0v) is 33.3. The Morgan fingerprint density at radius 1 is 0.942 bits per heavy atom. The number of ketones is 1. The minimum atomic E-state index is -1.45. The van der Waals surface area contributed by atoms with Crippen molar-refractivity contribution >= 4 is 11.8 Å². The molecule has 2 saturated heterocycles. The van der Waals surface area contributed by atoms with E-state index in [0.717, 1.165) is 32.6 Å². The Morgan fingerprint density at radius 3 is 2.23 bits per heavy atom. The number of benzene rings is 2. The zero-order chi connectivity index (χ0) is 38.2. The molecule has 0 spiro atoms. The first kappa shape index (κ1) is 42.0. The lowest BCUT2D eigenvalue weighted by Gasteiger charge is -2.47. The number of Topliss-reactive ketones (excluding diaryl/α,β-unsaturated/α-hetero) is 1. The van der Waals surface area contributed by atoms with E-state index in [4.69, 9.17) is 18.9 Å². The smallest absolute Gasteiger partial charge is 0.319 e. The van der Waals surface area contributed by atoms with Crippen molar-refractivity contribution < 1.29 is 33.6 Å². The fourth-order valence-corrected chi connectivity index (χ4v) is 8.07. The Hall–Kier alpha value is -2.70. The van der Waals surface area contributed by atoms with Crippen LogP contribution >= 0.6 is 0 Å². The van der Waals surface area contributed by atoms with Gasteiger partial charge in [-0.3, -0.25) is 14.5 Å². The number of cyclic esters (lactones) is 1. The molecule has 2 heterocycles. The molecule has 2 aliphatic rings. The number of hydrogen-bond donors (Lipinski definition) is 1. The van der Waals surface area contributed by atoms with Crippen LogP contribution in [-0.4, -0.2) is 129 Å². The minimum absolute atomic E-state index is 0.164. The maximum atomic E-state index is 14.4. The Balaban J connectivity index is 1.57. The van der Waals surface area contributed by atoms with Crippen LogP contribution in [0.1, 0.15) is 66.4 Å². The number of carbonyl (C=O) groups is 2. The lowest BCUT2D eigenvalue weighted by atomic mass is 9.74. The van der Waals surface area contributed by atoms with Crippen molar-refractivity contribution in [2.45, 2.75) is 104 Å². The molecule has 290 valence electrons. The second-order valence-electron chi connectivity index (χ2n) is 16.3. The van der Waals surface area contributed by atoms with Gasteiger partial charge in [0, 0.05) is 38.7 Å². The van der Waals surface area contributed by atoms with Crippen LogP contribution in [0.15, 0.2) is 54.6 Å². The lowest BCUT2D eigenvalue weighted by Crippen LogP contribution is -2.59. The molecule has 0 amide bonds. The normalized spacial score (nSPS) is 32.3. The molecule has 10 heteroatoms. The van der Waals surface area contributed by atoms with Crippen LogP contribution in [0.2, 0.25) is 0 Å². The average molecular weight is 724 g/mol. The van der Waals surface area contributed by atoms with Gasteiger partial charge < -0.3 is 33.9 Å². The number of hydrogen-bond acceptors (Lipinski definition) is 10. The topological polar surface area (TPSA) is 101 Å². The van der Waals surface area contributed by atoms with Crippen molar-refractivity contribution in [3.05, 3.63) is 60.2 Å². The molecule has 0 unspecified atom stereocenters. The first-order valence-corrected chi connectivity index (χ1v) is 19.0. The summed E-state index contributed by atoms with van der Waals surface area (Å²) in [4.78, 5) is 34.7. The molecule has 2 aromatic carbocycles. The molecule has 10 nitrogen and oxygen atoms in total. The first-order chi connectivity index (χ1) is 24.5. The summed E-state index contributed by atoms with van der Waals surface area (Å²) in [6.45, 7) is 15.1. The number of ether oxygens (including phenoxy) is 4. The van der Waals surface area contributed by atoms with E-state index in [-0.39, 0.29) is 30.5 Å². The van der Waals surface area contributed by atoms with Gasteiger partial charge >= 0.3 is 5.97 Å². The molecule has 2 aliphatic heterocycles. The van der Waals surface area contributed by atoms with Crippen LogP contribution in [0.25, 0.3) is 11.1 Å². The van der Waals surface area contributed by atoms with E-state index in [1.807, 2.05) is 51.0 Å². The van der Waals surface area contributed by atoms with Gasteiger partial charge in [0.1, 0.15) is 18.1 Å². The van der Waals surface area contributed by atoms with Gasteiger partial charge in [0.15, 0.2) is 12.1 Å². The molecule has 0 saturated carbocycles. The van der Waals surface area contributed by atoms with Crippen molar-refractivity contribution in [2.75, 3.05) is 61.0 Å². The quantitative estimate of drug-likeness (QED) is 0.291. The van der Waals surface area contributed by atoms with Crippen molar-refractivity contribution in [1.29, 1.82) is 0 Å². The molecule has 8 atom stereocenters. The molecule has 0 bridgehead atoms. The number of aliphatic hydroxyl groups is 1. The molecule has 1 N–H and O–H groups in total. The van der Waals surface area contributed by atoms with Crippen LogP contribution < -0.4 is 0 Å². The third kappa shape index (κ3) is 10.7. The number of methoxy groups -OCH3 is 1. The predicted molar refractivity (Wildman–Crippen MR) is 205 cm³/mol. The van der Waals surface area contributed by atoms with Crippen molar-refractivity contribution in [3.8, 4) is 11.1 Å². The molecule has 52 heavy (non-hydrogen) atoms. The molecule has 4 rings (SSSR count). The lowest BCUT2D eigenvalue weighted by molar-refractivity contribution is -0.295. The fourth-order valence-electron chi connectivity index (χ4n) is 8.07. The standard InChI is InChI=1S/C42H65N3O7/c1-29-26-42(6,49-10)38(52-39-36(46)35(43(7)8)25-30(2)51-39)31(3)37(47)41(4,5)40(48)50-24-23-45(22-14-21-44(9)27-29)28-32-17-19-34(20-18-32)33-15-12-11-13-16-33/h11-13,15-20,29-31,35-36,38-39,46H,14,21-28H2,1-10H3/t29-,30-,31+,35+,36-,38-,39+,42-/m1/s1. The largest absolute Gasteiger partial charge is 0.464 e. The molecule has 0 radical (unpaired) electrons. The average Bonchev–Trinajstić information content (AvgIpc) is 3.10. The van der Waals surface area contributed by atoms with E-state index < -0.39 is 41.4 Å². The highest BCUT2D eigenvalue weighted by Gasteiger charge is 2.51. The highest BCUT2D eigenvalue weighted by molar-refractivity contribution is 6.04. The highest BCUT2D eigenvalue weighted by Crippen LogP contribution is 2.38. The van der Waals surface area contributed by atoms with E-state index >= 15 is 0 Å². The highest BCUT2D eigenvalue weighted by atomic mass is 16.7. The number of likely N-dealkylation sites (N-methyl/N-ethyl adjacent to an activating group) is 1. The van der Waals surface area contributed by atoms with Gasteiger partial charge in [-0.05, 0) is 104 Å². The van der Waals surface area contributed by atoms with Gasteiger partial charge in [-0.1, -0.05) is 68.4 Å². The van der Waals surface area contributed by atoms with Crippen molar-refractivity contribution in [3.63, 3.8) is 0 Å². The van der Waals surface area contributed by atoms with E-state index in [2.05, 4.69) is 60.2 Å². The Bertz CT molecular complexity index is 1420. The van der Waals surface area contributed by atoms with E-state index in [1.54, 1.807) is 27.9 Å². The molecule has 0 aromatic heterocycles. The summed E-state index contributed by atoms with van der Waals surface area (Å²) in [5.41, 5.74) is 1.16. The third-order valence-corrected chi connectivity index (χ3v) is 11.1. The van der Waals surface area contributed by atoms with Gasteiger partial charge in [-0.2, -0.15) is 0 Å². The summed E-state index contributed by atoms with van der Waals surface area (Å²) in [6.07, 6.45) is -0.731. The first-order valence-electron chi connectivity index (χ1n) is 19.0. The fraction of sp³-hybridized carbons (Fsp3) is 0.667. The minimum Gasteiger partial charge on any atom is -0.464 e. The number of nitrogens with zero attached hydrogens (tertiary/aromatic N) is 3. The van der Waals surface area contributed by atoms with Crippen LogP contribution in [0.5, 0.6) is 0 Å². The SMILES string of the molecule is CO[C@]1(C)C[C@@H](C)CN(C)CCCN(Cc2ccc(-c3ccccc3)cc2)CCOC(=O)C(C)(C)C(=O)[C@H](C)[C@H]1O[C@@H]1O[C@H](C)C[C@H](N(C)C)[C@H]1O. The van der Waals surface area contributed by atoms with E-state index in [9.17, 15) is 14.7 Å². The van der Waals surface area contributed by atoms with Crippen LogP contribution in [0.3, 0.4) is 0 Å². The monoisotopic (exact) mass is 723 g/mol. The zero-order valence-electron chi connectivity index (χ0n) is 33.3. The summed E-state index contributed by atoms with van der Waals surface area (Å²) in [7, 11) is 7.63. The van der Waals surface area contributed by atoms with Gasteiger partial charge in [-0.15, -0.1) is 0 Å². The van der Waals surface area contributed by atoms with Gasteiger partial charge in [0.05, 0.1) is 17.8 Å². The number of carbonyl (C=O) groups excluding carboxylic acids is 2. The molecular formula is C42H65N3O7. The molecular weight excluding hydrogens is 658 g/mol. The van der Waals surface area contributed by atoms with Gasteiger partial charge in [-0.25, -0.2) is 0 Å². The maximum absolute atomic E-state index is 14.4. The second-order valence-corrected chi connectivity index (χ2v) is 16.3. The van der Waals surface area contributed by atoms with Gasteiger partial charge in [0.25, 0.3) is 0 Å².